The van der Waals surface area contributed by atoms with Crippen LogP contribution in [-0.2, 0) is 0 Å². The second kappa shape index (κ2) is 6.15. The second-order valence-electron chi connectivity index (χ2n) is 5.96. The number of anilines is 1. The first-order valence-electron chi connectivity index (χ1n) is 8.46. The molecule has 0 aromatic heterocycles. The molecular weight excluding hydrogens is 326 g/mol. The summed E-state index contributed by atoms with van der Waals surface area (Å²) in [7, 11) is 0. The fourth-order valence-corrected chi connectivity index (χ4v) is 3.49. The SMILES string of the molecule is C=Cc1c2c(c(OCC)c3ccccc13)C(=O)N(c1ccccc1)C2=O. The van der Waals surface area contributed by atoms with E-state index in [0.717, 1.165) is 10.8 Å². The molecule has 0 fully saturated rings. The number of carbonyl (C=O) groups is 2. The van der Waals surface area contributed by atoms with Gasteiger partial charge in [0.15, 0.2) is 0 Å². The largest absolute Gasteiger partial charge is 0.492 e. The van der Waals surface area contributed by atoms with Crippen LogP contribution >= 0.6 is 0 Å². The molecule has 0 saturated heterocycles. The van der Waals surface area contributed by atoms with Crippen molar-refractivity contribution in [3.63, 3.8) is 0 Å². The highest BCUT2D eigenvalue weighted by Gasteiger charge is 2.42. The Morgan fingerprint density at radius 3 is 2.19 bits per heavy atom. The molecule has 1 aliphatic heterocycles. The average Bonchev–Trinajstić information content (AvgIpc) is 2.93. The molecule has 0 radical (unpaired) electrons. The number of hydrogen-bond acceptors (Lipinski definition) is 3. The van der Waals surface area contributed by atoms with Crippen LogP contribution < -0.4 is 9.64 Å². The highest BCUT2D eigenvalue weighted by molar-refractivity contribution is 6.38. The van der Waals surface area contributed by atoms with Crippen LogP contribution in [0.4, 0.5) is 5.69 Å². The smallest absolute Gasteiger partial charge is 0.269 e. The van der Waals surface area contributed by atoms with Gasteiger partial charge in [-0.15, -0.1) is 0 Å². The van der Waals surface area contributed by atoms with Gasteiger partial charge in [0.2, 0.25) is 0 Å². The van der Waals surface area contributed by atoms with Crippen LogP contribution in [0.3, 0.4) is 0 Å². The summed E-state index contributed by atoms with van der Waals surface area (Å²) in [6, 6.07) is 16.5. The quantitative estimate of drug-likeness (QED) is 0.646. The zero-order chi connectivity index (χ0) is 18.3. The molecule has 26 heavy (non-hydrogen) atoms. The Labute approximate surface area is 151 Å². The van der Waals surface area contributed by atoms with Crippen molar-refractivity contribution in [1.29, 1.82) is 0 Å². The van der Waals surface area contributed by atoms with Crippen LogP contribution in [0.5, 0.6) is 5.75 Å². The van der Waals surface area contributed by atoms with Crippen LogP contribution in [0.2, 0.25) is 0 Å². The van der Waals surface area contributed by atoms with Crippen molar-refractivity contribution >= 4 is 34.4 Å². The molecular formula is C22H17NO3. The fraction of sp³-hybridized carbons (Fsp3) is 0.0909. The standard InChI is InChI=1S/C22H17NO3/c1-3-15-16-12-8-9-13-17(16)20(26-4-2)19-18(15)21(24)23(22(19)25)14-10-6-5-7-11-14/h3,5-13H,1,4H2,2H3. The molecule has 1 aliphatic rings. The van der Waals surface area contributed by atoms with E-state index in [0.29, 0.717) is 34.7 Å². The minimum absolute atomic E-state index is 0.314. The summed E-state index contributed by atoms with van der Waals surface area (Å²) in [6.45, 7) is 6.13. The molecule has 4 heteroatoms. The highest BCUT2D eigenvalue weighted by atomic mass is 16.5. The van der Waals surface area contributed by atoms with Gasteiger partial charge in [0.05, 0.1) is 23.4 Å². The van der Waals surface area contributed by atoms with Crippen molar-refractivity contribution in [3.05, 3.63) is 77.9 Å². The molecule has 0 unspecified atom stereocenters. The van der Waals surface area contributed by atoms with Crippen LogP contribution in [0.1, 0.15) is 33.2 Å². The third kappa shape index (κ3) is 2.15. The maximum atomic E-state index is 13.2. The van der Waals surface area contributed by atoms with Gasteiger partial charge < -0.3 is 4.74 Å². The summed E-state index contributed by atoms with van der Waals surface area (Å²) in [4.78, 5) is 27.6. The normalized spacial score (nSPS) is 13.2. The van der Waals surface area contributed by atoms with E-state index in [-0.39, 0.29) is 11.8 Å². The lowest BCUT2D eigenvalue weighted by Crippen LogP contribution is -2.29. The summed E-state index contributed by atoms with van der Waals surface area (Å²) in [5.41, 5.74) is 1.88. The van der Waals surface area contributed by atoms with Gasteiger partial charge in [-0.2, -0.15) is 0 Å². The van der Waals surface area contributed by atoms with Gasteiger partial charge >= 0.3 is 0 Å². The zero-order valence-corrected chi connectivity index (χ0v) is 14.4. The third-order valence-electron chi connectivity index (χ3n) is 4.55. The molecule has 4 nitrogen and oxygen atoms in total. The first-order chi connectivity index (χ1) is 12.7. The molecule has 1 heterocycles. The van der Waals surface area contributed by atoms with Crippen LogP contribution in [0.15, 0.2) is 61.2 Å². The van der Waals surface area contributed by atoms with Crippen LogP contribution in [-0.4, -0.2) is 18.4 Å². The Hall–Kier alpha value is -3.40. The molecule has 3 aromatic carbocycles. The number of ether oxygens (including phenoxy) is 1. The lowest BCUT2D eigenvalue weighted by Gasteiger charge is -2.14. The molecule has 0 N–H and O–H groups in total. The van der Waals surface area contributed by atoms with Gasteiger partial charge in [-0.1, -0.05) is 55.1 Å². The van der Waals surface area contributed by atoms with Gasteiger partial charge in [0.1, 0.15) is 5.75 Å². The number of benzene rings is 3. The molecule has 0 bridgehead atoms. The van der Waals surface area contributed by atoms with E-state index in [4.69, 9.17) is 4.74 Å². The summed E-state index contributed by atoms with van der Waals surface area (Å²) in [5.74, 6) is -0.258. The number of carbonyl (C=O) groups excluding carboxylic acids is 2. The Kier molecular flexibility index (Phi) is 3.81. The Morgan fingerprint density at radius 2 is 1.54 bits per heavy atom. The second-order valence-corrected chi connectivity index (χ2v) is 5.96. The number of fused-ring (bicyclic) bond motifs is 2. The summed E-state index contributed by atoms with van der Waals surface area (Å²) in [6.07, 6.45) is 1.64. The van der Waals surface area contributed by atoms with E-state index in [2.05, 4.69) is 6.58 Å². The summed E-state index contributed by atoms with van der Waals surface area (Å²) < 4.78 is 5.83. The minimum Gasteiger partial charge on any atom is -0.492 e. The Bertz CT molecular complexity index is 1050. The maximum Gasteiger partial charge on any atom is 0.269 e. The van der Waals surface area contributed by atoms with E-state index in [1.807, 2.05) is 37.3 Å². The average molecular weight is 343 g/mol. The molecule has 0 aliphatic carbocycles. The van der Waals surface area contributed by atoms with Gasteiger partial charge in [0, 0.05) is 5.39 Å². The Balaban J connectivity index is 2.07. The van der Waals surface area contributed by atoms with Crippen molar-refractivity contribution < 1.29 is 14.3 Å². The van der Waals surface area contributed by atoms with E-state index in [1.54, 1.807) is 30.3 Å². The minimum atomic E-state index is -0.367. The topological polar surface area (TPSA) is 46.6 Å². The first-order valence-corrected chi connectivity index (χ1v) is 8.46. The predicted octanol–water partition coefficient (Wildman–Crippen LogP) is 4.68. The van der Waals surface area contributed by atoms with Crippen molar-refractivity contribution in [3.8, 4) is 5.75 Å². The molecule has 2 amide bonds. The molecule has 4 rings (SSSR count). The maximum absolute atomic E-state index is 13.2. The number of imide groups is 1. The van der Waals surface area contributed by atoms with Gasteiger partial charge in [0.25, 0.3) is 11.8 Å². The van der Waals surface area contributed by atoms with Crippen molar-refractivity contribution in [2.24, 2.45) is 0 Å². The van der Waals surface area contributed by atoms with Crippen LogP contribution in [0, 0.1) is 0 Å². The highest BCUT2D eigenvalue weighted by Crippen LogP contribution is 2.42. The number of hydrogen-bond donors (Lipinski definition) is 0. The number of rotatable bonds is 4. The summed E-state index contributed by atoms with van der Waals surface area (Å²) >= 11 is 0. The van der Waals surface area contributed by atoms with Crippen LogP contribution in [0.25, 0.3) is 16.8 Å². The fourth-order valence-electron chi connectivity index (χ4n) is 3.49. The number of nitrogens with zero attached hydrogens (tertiary/aromatic N) is 1. The van der Waals surface area contributed by atoms with Gasteiger partial charge in [-0.25, -0.2) is 4.90 Å². The number of para-hydroxylation sites is 1. The van der Waals surface area contributed by atoms with Gasteiger partial charge in [-0.3, -0.25) is 9.59 Å². The molecule has 3 aromatic rings. The van der Waals surface area contributed by atoms with Crippen molar-refractivity contribution in [1.82, 2.24) is 0 Å². The molecule has 128 valence electrons. The first kappa shape index (κ1) is 16.1. The van der Waals surface area contributed by atoms with Crippen molar-refractivity contribution in [2.75, 3.05) is 11.5 Å². The van der Waals surface area contributed by atoms with Crippen molar-refractivity contribution in [2.45, 2.75) is 6.92 Å². The van der Waals surface area contributed by atoms with E-state index >= 15 is 0 Å². The van der Waals surface area contributed by atoms with E-state index < -0.39 is 0 Å². The monoisotopic (exact) mass is 343 g/mol. The predicted molar refractivity (Wildman–Crippen MR) is 103 cm³/mol. The molecule has 0 spiro atoms. The molecule has 0 atom stereocenters. The third-order valence-corrected chi connectivity index (χ3v) is 4.55. The van der Waals surface area contributed by atoms with E-state index in [1.165, 1.54) is 4.90 Å². The molecule has 0 saturated carbocycles. The van der Waals surface area contributed by atoms with E-state index in [9.17, 15) is 9.59 Å². The Morgan fingerprint density at radius 1 is 0.923 bits per heavy atom. The summed E-state index contributed by atoms with van der Waals surface area (Å²) in [5, 5.41) is 1.65. The lowest BCUT2D eigenvalue weighted by atomic mass is 9.94. The van der Waals surface area contributed by atoms with Gasteiger partial charge in [-0.05, 0) is 30.0 Å². The number of amides is 2. The lowest BCUT2D eigenvalue weighted by molar-refractivity contribution is 0.0925. The zero-order valence-electron chi connectivity index (χ0n) is 14.4.